The van der Waals surface area contributed by atoms with E-state index in [1.807, 2.05) is 0 Å². The van der Waals surface area contributed by atoms with E-state index in [2.05, 4.69) is 6.58 Å². The van der Waals surface area contributed by atoms with Gasteiger partial charge in [0.15, 0.2) is 5.60 Å². The molecule has 2 N–H and O–H groups in total. The van der Waals surface area contributed by atoms with Gasteiger partial charge in [-0.1, -0.05) is 25.2 Å². The fourth-order valence-corrected chi connectivity index (χ4v) is 6.23. The van der Waals surface area contributed by atoms with Crippen molar-refractivity contribution in [3.63, 3.8) is 0 Å². The van der Waals surface area contributed by atoms with Crippen molar-refractivity contribution in [2.24, 2.45) is 17.3 Å². The molecule has 0 aromatic carbocycles. The van der Waals surface area contributed by atoms with E-state index in [-0.39, 0.29) is 6.42 Å². The van der Waals surface area contributed by atoms with Crippen molar-refractivity contribution < 1.29 is 34.0 Å². The summed E-state index contributed by atoms with van der Waals surface area (Å²) in [4.78, 5) is 25.0. The summed E-state index contributed by atoms with van der Waals surface area (Å²) in [5.74, 6) is -2.44. The van der Waals surface area contributed by atoms with Gasteiger partial charge in [-0.05, 0) is 13.8 Å². The molecule has 1 spiro atoms. The Kier molecular flexibility index (Phi) is 2.79. The number of rotatable bonds is 1. The van der Waals surface area contributed by atoms with E-state index < -0.39 is 64.8 Å². The lowest BCUT2D eigenvalue weighted by atomic mass is 9.51. The largest absolute Gasteiger partial charge is 0.459 e. The highest BCUT2D eigenvalue weighted by Crippen LogP contribution is 2.74. The summed E-state index contributed by atoms with van der Waals surface area (Å²) in [5, 5.41) is 23.2. The molecular weight excluding hydrogens is 340 g/mol. The van der Waals surface area contributed by atoms with Crippen molar-refractivity contribution in [2.75, 3.05) is 0 Å². The Morgan fingerprint density at radius 2 is 2.04 bits per heavy atom. The Labute approximate surface area is 150 Å². The summed E-state index contributed by atoms with van der Waals surface area (Å²) >= 11 is 0. The second kappa shape index (κ2) is 4.40. The predicted octanol–water partition coefficient (Wildman–Crippen LogP) is 0.245. The number of hydrogen-bond donors (Lipinski definition) is 2. The van der Waals surface area contributed by atoms with Crippen LogP contribution in [0.4, 0.5) is 0 Å². The Morgan fingerprint density at radius 3 is 2.62 bits per heavy atom. The number of ether oxygens (including phenoxy) is 3. The van der Waals surface area contributed by atoms with Gasteiger partial charge in [-0.25, -0.2) is 4.79 Å². The number of epoxide rings is 1. The first-order valence-corrected chi connectivity index (χ1v) is 8.95. The summed E-state index contributed by atoms with van der Waals surface area (Å²) in [5.41, 5.74) is -3.06. The third-order valence-electron chi connectivity index (χ3n) is 7.60. The lowest BCUT2D eigenvalue weighted by Crippen LogP contribution is -2.72. The monoisotopic (exact) mass is 362 g/mol. The van der Waals surface area contributed by atoms with E-state index in [0.717, 1.165) is 0 Å². The molecule has 2 saturated carbocycles. The van der Waals surface area contributed by atoms with Crippen molar-refractivity contribution in [3.05, 3.63) is 23.8 Å². The maximum Gasteiger partial charge on any atom is 0.334 e. The van der Waals surface area contributed by atoms with Crippen molar-refractivity contribution >= 4 is 11.9 Å². The van der Waals surface area contributed by atoms with Gasteiger partial charge in [-0.3, -0.25) is 4.79 Å². The van der Waals surface area contributed by atoms with E-state index in [0.29, 0.717) is 11.1 Å². The molecule has 0 amide bonds. The van der Waals surface area contributed by atoms with Gasteiger partial charge in [-0.15, -0.1) is 0 Å². The van der Waals surface area contributed by atoms with E-state index in [1.54, 1.807) is 26.8 Å². The fraction of sp³-hybridized carbons (Fsp3) is 0.684. The molecule has 3 heterocycles. The minimum Gasteiger partial charge on any atom is -0.459 e. The van der Waals surface area contributed by atoms with Crippen LogP contribution in [0.2, 0.25) is 0 Å². The number of fused-ring (bicyclic) bond motifs is 8. The second-order valence-electron chi connectivity index (χ2n) is 8.47. The second-order valence-corrected chi connectivity index (χ2v) is 8.47. The zero-order chi connectivity index (χ0) is 18.8. The lowest BCUT2D eigenvalue weighted by molar-refractivity contribution is -0.271. The first kappa shape index (κ1) is 16.5. The minimum atomic E-state index is -1.70. The molecule has 7 nitrogen and oxygen atoms in total. The standard InChI is InChI=1S/C19H22O7/c1-5-8-6-18(26-15(8)21)13-14(25-13)19(23)10-9(7(2)3)11(24-16(10)22)12(20)17(18,19)4/h5,9-14,20,23H,2,6H2,1,3-4H3/b8-5+/t9-,10+,11+,12+,13+,14-,17-,18+,19-/m0/s1. The molecule has 5 aliphatic rings. The van der Waals surface area contributed by atoms with Crippen molar-refractivity contribution in [2.45, 2.75) is 62.8 Å². The smallest absolute Gasteiger partial charge is 0.334 e. The number of aliphatic hydroxyl groups excluding tert-OH is 1. The normalized spacial score (nSPS) is 57.8. The van der Waals surface area contributed by atoms with Gasteiger partial charge in [0.1, 0.15) is 30.0 Å². The van der Waals surface area contributed by atoms with E-state index in [4.69, 9.17) is 14.2 Å². The van der Waals surface area contributed by atoms with Crippen LogP contribution >= 0.6 is 0 Å². The van der Waals surface area contributed by atoms with Crippen LogP contribution < -0.4 is 0 Å². The molecule has 0 aromatic heterocycles. The molecule has 3 saturated heterocycles. The Bertz CT molecular complexity index is 802. The van der Waals surface area contributed by atoms with E-state index in [1.165, 1.54) is 0 Å². The highest BCUT2D eigenvalue weighted by molar-refractivity contribution is 5.92. The lowest BCUT2D eigenvalue weighted by Gasteiger charge is -2.56. The molecule has 0 unspecified atom stereocenters. The van der Waals surface area contributed by atoms with Crippen LogP contribution in [0.15, 0.2) is 23.8 Å². The Morgan fingerprint density at radius 1 is 1.35 bits per heavy atom. The summed E-state index contributed by atoms with van der Waals surface area (Å²) < 4.78 is 17.0. The first-order chi connectivity index (χ1) is 12.1. The molecule has 2 aliphatic carbocycles. The average Bonchev–Trinajstić information content (AvgIpc) is 3.19. The topological polar surface area (TPSA) is 106 Å². The van der Waals surface area contributed by atoms with E-state index >= 15 is 0 Å². The van der Waals surface area contributed by atoms with Gasteiger partial charge in [0.25, 0.3) is 0 Å². The average molecular weight is 362 g/mol. The molecule has 0 aromatic rings. The molecule has 5 fully saturated rings. The van der Waals surface area contributed by atoms with Crippen molar-refractivity contribution in [1.29, 1.82) is 0 Å². The number of aliphatic hydroxyl groups is 2. The van der Waals surface area contributed by atoms with Gasteiger partial charge in [0, 0.05) is 17.9 Å². The number of carbonyl (C=O) groups is 2. The van der Waals surface area contributed by atoms with Crippen LogP contribution in [-0.4, -0.2) is 57.8 Å². The highest BCUT2D eigenvalue weighted by Gasteiger charge is 2.92. The van der Waals surface area contributed by atoms with Gasteiger partial charge < -0.3 is 24.4 Å². The zero-order valence-corrected chi connectivity index (χ0v) is 14.9. The van der Waals surface area contributed by atoms with Gasteiger partial charge >= 0.3 is 11.9 Å². The van der Waals surface area contributed by atoms with Crippen LogP contribution in [0.3, 0.4) is 0 Å². The quantitative estimate of drug-likeness (QED) is 0.298. The molecule has 7 heteroatoms. The molecule has 3 aliphatic heterocycles. The van der Waals surface area contributed by atoms with Gasteiger partial charge in [0.05, 0.1) is 11.3 Å². The minimum absolute atomic E-state index is 0.227. The molecular formula is C19H22O7. The number of carbonyl (C=O) groups excluding carboxylic acids is 2. The summed E-state index contributed by atoms with van der Waals surface area (Å²) in [6, 6.07) is 0. The predicted molar refractivity (Wildman–Crippen MR) is 86.6 cm³/mol. The number of allylic oxidation sites excluding steroid dienone is 1. The summed E-state index contributed by atoms with van der Waals surface area (Å²) in [6.45, 7) is 9.13. The Balaban J connectivity index is 1.73. The van der Waals surface area contributed by atoms with Crippen LogP contribution in [-0.2, 0) is 23.8 Å². The number of hydrogen-bond acceptors (Lipinski definition) is 7. The van der Waals surface area contributed by atoms with Crippen molar-refractivity contribution in [3.8, 4) is 0 Å². The third kappa shape index (κ3) is 1.36. The molecule has 26 heavy (non-hydrogen) atoms. The van der Waals surface area contributed by atoms with Crippen molar-refractivity contribution in [1.82, 2.24) is 0 Å². The molecule has 0 radical (unpaired) electrons. The molecule has 2 bridgehead atoms. The molecule has 9 atom stereocenters. The van der Waals surface area contributed by atoms with Crippen LogP contribution in [0.1, 0.15) is 27.2 Å². The molecule has 5 rings (SSSR count). The third-order valence-corrected chi connectivity index (χ3v) is 7.60. The van der Waals surface area contributed by atoms with Crippen LogP contribution in [0.25, 0.3) is 0 Å². The summed E-state index contributed by atoms with van der Waals surface area (Å²) in [6.07, 6.45) is -1.37. The first-order valence-electron chi connectivity index (χ1n) is 8.95. The van der Waals surface area contributed by atoms with Gasteiger partial charge in [0.2, 0.25) is 0 Å². The maximum absolute atomic E-state index is 12.6. The van der Waals surface area contributed by atoms with E-state index in [9.17, 15) is 19.8 Å². The zero-order valence-electron chi connectivity index (χ0n) is 14.9. The highest BCUT2D eigenvalue weighted by atomic mass is 16.7. The Hall–Kier alpha value is -1.70. The molecule has 140 valence electrons. The van der Waals surface area contributed by atoms with Crippen LogP contribution in [0.5, 0.6) is 0 Å². The maximum atomic E-state index is 12.6. The van der Waals surface area contributed by atoms with Gasteiger partial charge in [-0.2, -0.15) is 0 Å². The van der Waals surface area contributed by atoms with Crippen LogP contribution in [0, 0.1) is 17.3 Å². The SMILES string of the molecule is C=C(C)[C@@H]1[C@H]2OC(=O)[C@@H]1[C@]1(O)[C@H]3O[C@H]3[C@]3(C/C(=C\C)C(=O)O3)[C@]1(C)[C@@H]2O. The fourth-order valence-electron chi connectivity index (χ4n) is 6.23. The summed E-state index contributed by atoms with van der Waals surface area (Å²) in [7, 11) is 0. The number of esters is 2.